The van der Waals surface area contributed by atoms with Gasteiger partial charge in [0.1, 0.15) is 18.0 Å². The molecule has 4 atom stereocenters. The van der Waals surface area contributed by atoms with E-state index in [0.29, 0.717) is 6.29 Å². The van der Waals surface area contributed by atoms with Gasteiger partial charge in [0, 0.05) is 5.92 Å². The van der Waals surface area contributed by atoms with Crippen LogP contribution in [-0.2, 0) is 24.0 Å². The summed E-state index contributed by atoms with van der Waals surface area (Å²) < 4.78 is 0. The largest absolute Gasteiger partial charge is 0.481 e. The van der Waals surface area contributed by atoms with Gasteiger partial charge in [0.2, 0.25) is 0 Å². The average Bonchev–Trinajstić information content (AvgIpc) is 2.35. The molecular formula is C11H12O8. The molecule has 8 nitrogen and oxygen atoms in total. The highest BCUT2D eigenvalue weighted by atomic mass is 16.4. The van der Waals surface area contributed by atoms with Crippen LogP contribution in [-0.4, -0.2) is 45.8 Å². The van der Waals surface area contributed by atoms with E-state index in [1.807, 2.05) is 0 Å². The zero-order chi connectivity index (χ0) is 14.8. The normalized spacial score (nSPS) is 34.2. The molecular weight excluding hydrogens is 260 g/mol. The number of hydrogen-bond donors (Lipinski definition) is 3. The van der Waals surface area contributed by atoms with Crippen molar-refractivity contribution in [3.63, 3.8) is 0 Å². The Hall–Kier alpha value is -2.25. The first-order chi connectivity index (χ1) is 8.81. The molecule has 1 saturated carbocycles. The highest BCUT2D eigenvalue weighted by Crippen LogP contribution is 2.46. The Morgan fingerprint density at radius 3 is 1.95 bits per heavy atom. The van der Waals surface area contributed by atoms with Crippen molar-refractivity contribution in [1.29, 1.82) is 0 Å². The van der Waals surface area contributed by atoms with Gasteiger partial charge >= 0.3 is 17.9 Å². The minimum atomic E-state index is -2.31. The van der Waals surface area contributed by atoms with E-state index in [4.69, 9.17) is 15.3 Å². The summed E-state index contributed by atoms with van der Waals surface area (Å²) in [5, 5.41) is 27.2. The fraction of sp³-hybridized carbons (Fsp3) is 0.545. The molecule has 0 radical (unpaired) electrons. The standard InChI is InChI=1S/C11H12O8/c12-3-5-1-2-11(4-13,10(18)19)7(9(16)17)6(5)8(14)15/h3-7H,1-2H2,(H,14,15)(H,16,17)(H,18,19). The lowest BCUT2D eigenvalue weighted by Gasteiger charge is -2.40. The summed E-state index contributed by atoms with van der Waals surface area (Å²) in [6.45, 7) is 0. The zero-order valence-electron chi connectivity index (χ0n) is 9.68. The molecule has 0 aromatic rings. The third kappa shape index (κ3) is 2.20. The second kappa shape index (κ2) is 5.17. The average molecular weight is 272 g/mol. The predicted octanol–water partition coefficient (Wildman–Crippen LogP) is -0.733. The maximum Gasteiger partial charge on any atom is 0.317 e. The van der Waals surface area contributed by atoms with Crippen molar-refractivity contribution in [3.8, 4) is 0 Å². The monoisotopic (exact) mass is 272 g/mol. The number of rotatable bonds is 5. The van der Waals surface area contributed by atoms with Gasteiger partial charge < -0.3 is 24.9 Å². The van der Waals surface area contributed by atoms with Gasteiger partial charge in [-0.1, -0.05) is 0 Å². The van der Waals surface area contributed by atoms with Crippen LogP contribution in [0.1, 0.15) is 12.8 Å². The van der Waals surface area contributed by atoms with Crippen LogP contribution in [0.4, 0.5) is 0 Å². The molecule has 0 bridgehead atoms. The highest BCUT2D eigenvalue weighted by molar-refractivity contribution is 5.99. The Kier molecular flexibility index (Phi) is 4.03. The molecule has 1 aliphatic rings. The first-order valence-corrected chi connectivity index (χ1v) is 5.42. The van der Waals surface area contributed by atoms with E-state index in [2.05, 4.69) is 0 Å². The number of hydrogen-bond acceptors (Lipinski definition) is 5. The molecule has 0 heterocycles. The lowest BCUT2D eigenvalue weighted by molar-refractivity contribution is -0.178. The molecule has 8 heteroatoms. The molecule has 1 rings (SSSR count). The first-order valence-electron chi connectivity index (χ1n) is 5.42. The summed E-state index contributed by atoms with van der Waals surface area (Å²) in [5.74, 6) is -9.82. The molecule has 0 spiro atoms. The van der Waals surface area contributed by atoms with E-state index in [1.165, 1.54) is 0 Å². The second-order valence-corrected chi connectivity index (χ2v) is 4.48. The van der Waals surface area contributed by atoms with Crippen molar-refractivity contribution in [1.82, 2.24) is 0 Å². The van der Waals surface area contributed by atoms with Crippen molar-refractivity contribution in [2.45, 2.75) is 12.8 Å². The first kappa shape index (κ1) is 14.8. The maximum atomic E-state index is 11.2. The van der Waals surface area contributed by atoms with Crippen LogP contribution in [0.2, 0.25) is 0 Å². The number of carboxylic acid groups (broad SMARTS) is 3. The Bertz CT molecular complexity index is 442. The van der Waals surface area contributed by atoms with Gasteiger partial charge in [-0.3, -0.25) is 14.4 Å². The molecule has 0 amide bonds. The molecule has 3 N–H and O–H groups in total. The van der Waals surface area contributed by atoms with E-state index < -0.39 is 41.1 Å². The van der Waals surface area contributed by atoms with E-state index in [9.17, 15) is 24.0 Å². The zero-order valence-corrected chi connectivity index (χ0v) is 9.68. The molecule has 1 aliphatic carbocycles. The van der Waals surface area contributed by atoms with E-state index >= 15 is 0 Å². The smallest absolute Gasteiger partial charge is 0.317 e. The molecule has 0 saturated heterocycles. The minimum absolute atomic E-state index is 0.0366. The summed E-state index contributed by atoms with van der Waals surface area (Å²) in [7, 11) is 0. The Labute approximate surface area is 107 Å². The van der Waals surface area contributed by atoms with Crippen LogP contribution in [0.5, 0.6) is 0 Å². The summed E-state index contributed by atoms with van der Waals surface area (Å²) in [5.41, 5.74) is -2.31. The van der Waals surface area contributed by atoms with Crippen molar-refractivity contribution < 1.29 is 39.3 Å². The van der Waals surface area contributed by atoms with Gasteiger partial charge in [0.05, 0.1) is 11.8 Å². The van der Waals surface area contributed by atoms with Gasteiger partial charge in [-0.05, 0) is 12.8 Å². The number of carbonyl (C=O) groups excluding carboxylic acids is 2. The van der Waals surface area contributed by atoms with Crippen LogP contribution in [0.25, 0.3) is 0 Å². The van der Waals surface area contributed by atoms with Gasteiger partial charge in [-0.15, -0.1) is 0 Å². The fourth-order valence-electron chi connectivity index (χ4n) is 2.58. The summed E-state index contributed by atoms with van der Waals surface area (Å²) in [6.07, 6.45) is -0.276. The Morgan fingerprint density at radius 2 is 1.63 bits per heavy atom. The highest BCUT2D eigenvalue weighted by Gasteiger charge is 2.60. The van der Waals surface area contributed by atoms with E-state index in [-0.39, 0.29) is 19.1 Å². The van der Waals surface area contributed by atoms with Crippen LogP contribution < -0.4 is 0 Å². The predicted molar refractivity (Wildman–Crippen MR) is 57.2 cm³/mol. The topological polar surface area (TPSA) is 146 Å². The quantitative estimate of drug-likeness (QED) is 0.438. The van der Waals surface area contributed by atoms with Gasteiger partial charge in [0.15, 0.2) is 0 Å². The number of carboxylic acids is 3. The van der Waals surface area contributed by atoms with Gasteiger partial charge in [-0.2, -0.15) is 0 Å². The van der Waals surface area contributed by atoms with Crippen molar-refractivity contribution >= 4 is 30.5 Å². The number of aliphatic carboxylic acids is 3. The van der Waals surface area contributed by atoms with E-state index in [1.54, 1.807) is 0 Å². The van der Waals surface area contributed by atoms with Crippen LogP contribution in [0, 0.1) is 23.2 Å². The molecule has 104 valence electrons. The molecule has 0 aromatic carbocycles. The second-order valence-electron chi connectivity index (χ2n) is 4.48. The third-order valence-corrected chi connectivity index (χ3v) is 3.60. The molecule has 0 aromatic heterocycles. The molecule has 1 fully saturated rings. The third-order valence-electron chi connectivity index (χ3n) is 3.60. The summed E-state index contributed by atoms with van der Waals surface area (Å²) >= 11 is 0. The lowest BCUT2D eigenvalue weighted by Crippen LogP contribution is -2.55. The van der Waals surface area contributed by atoms with Crippen molar-refractivity contribution in [3.05, 3.63) is 0 Å². The number of carbonyl (C=O) groups is 5. The molecule has 4 unspecified atom stereocenters. The Morgan fingerprint density at radius 1 is 1.05 bits per heavy atom. The fourth-order valence-corrected chi connectivity index (χ4v) is 2.58. The van der Waals surface area contributed by atoms with Crippen molar-refractivity contribution in [2.75, 3.05) is 0 Å². The van der Waals surface area contributed by atoms with Crippen LogP contribution in [0.15, 0.2) is 0 Å². The van der Waals surface area contributed by atoms with Gasteiger partial charge in [-0.25, -0.2) is 0 Å². The maximum absolute atomic E-state index is 11.2. The number of aldehydes is 2. The summed E-state index contributed by atoms with van der Waals surface area (Å²) in [6, 6.07) is 0. The minimum Gasteiger partial charge on any atom is -0.481 e. The van der Waals surface area contributed by atoms with Crippen LogP contribution in [0.3, 0.4) is 0 Å². The van der Waals surface area contributed by atoms with Crippen LogP contribution >= 0.6 is 0 Å². The summed E-state index contributed by atoms with van der Waals surface area (Å²) in [4.78, 5) is 55.4. The Balaban J connectivity index is 3.42. The SMILES string of the molecule is O=CC1CCC(C=O)(C(=O)O)C(C(=O)O)C1C(=O)O. The van der Waals surface area contributed by atoms with E-state index in [0.717, 1.165) is 0 Å². The van der Waals surface area contributed by atoms with Crippen molar-refractivity contribution in [2.24, 2.45) is 23.2 Å². The van der Waals surface area contributed by atoms with Gasteiger partial charge in [0.25, 0.3) is 0 Å². The molecule has 19 heavy (non-hydrogen) atoms. The molecule has 0 aliphatic heterocycles. The lowest BCUT2D eigenvalue weighted by atomic mass is 9.58.